The summed E-state index contributed by atoms with van der Waals surface area (Å²) < 4.78 is 10.4. The first-order valence-electron chi connectivity index (χ1n) is 5.97. The average molecular weight is 267 g/mol. The Hall–Kier alpha value is -2.11. The second-order valence-corrected chi connectivity index (χ2v) is 4.45. The number of amides is 1. The molecule has 6 heteroatoms. The third kappa shape index (κ3) is 3.43. The molecule has 0 aliphatic rings. The Morgan fingerprint density at radius 2 is 1.79 bits per heavy atom. The monoisotopic (exact) mass is 267 g/mol. The molecule has 0 aromatic heterocycles. The number of primary amides is 1. The zero-order valence-electron chi connectivity index (χ0n) is 11.8. The van der Waals surface area contributed by atoms with Crippen molar-refractivity contribution in [2.45, 2.75) is 19.9 Å². The molecule has 0 aliphatic carbocycles. The topological polar surface area (TPSA) is 90.8 Å². The van der Waals surface area contributed by atoms with Crippen LogP contribution in [0.5, 0.6) is 11.5 Å². The Labute approximate surface area is 113 Å². The number of hydrogen-bond acceptors (Lipinski definition) is 5. The smallest absolute Gasteiger partial charge is 0.236 e. The summed E-state index contributed by atoms with van der Waals surface area (Å²) in [5.41, 5.74) is 12.5. The molecule has 0 radical (unpaired) electrons. The standard InChI is InChI=1S/C13H21N3O3/c1-8(2)16(7-13(15)17)10-6-12(19-4)11(18-3)5-9(10)14/h5-6,8H,7,14H2,1-4H3,(H2,15,17). The van der Waals surface area contributed by atoms with Gasteiger partial charge in [-0.1, -0.05) is 0 Å². The number of benzene rings is 1. The van der Waals surface area contributed by atoms with Gasteiger partial charge in [0.25, 0.3) is 0 Å². The molecule has 1 aromatic rings. The van der Waals surface area contributed by atoms with Gasteiger partial charge in [0.1, 0.15) is 0 Å². The number of hydrogen-bond donors (Lipinski definition) is 2. The van der Waals surface area contributed by atoms with Gasteiger partial charge in [-0.15, -0.1) is 0 Å². The molecule has 19 heavy (non-hydrogen) atoms. The van der Waals surface area contributed by atoms with Gasteiger partial charge in [0.2, 0.25) is 5.91 Å². The number of rotatable bonds is 6. The summed E-state index contributed by atoms with van der Waals surface area (Å²) in [6.45, 7) is 4.01. The first kappa shape index (κ1) is 14.9. The van der Waals surface area contributed by atoms with Crippen LogP contribution in [0.3, 0.4) is 0 Å². The summed E-state index contributed by atoms with van der Waals surface area (Å²) in [7, 11) is 3.09. The zero-order valence-corrected chi connectivity index (χ0v) is 11.8. The molecule has 0 atom stereocenters. The fourth-order valence-corrected chi connectivity index (χ4v) is 1.85. The van der Waals surface area contributed by atoms with E-state index in [0.29, 0.717) is 22.9 Å². The highest BCUT2D eigenvalue weighted by atomic mass is 16.5. The molecule has 4 N–H and O–H groups in total. The molecule has 0 fully saturated rings. The van der Waals surface area contributed by atoms with E-state index in [2.05, 4.69) is 0 Å². The quantitative estimate of drug-likeness (QED) is 0.750. The second-order valence-electron chi connectivity index (χ2n) is 4.45. The molecule has 0 saturated heterocycles. The van der Waals surface area contributed by atoms with Gasteiger partial charge < -0.3 is 25.8 Å². The molecule has 0 saturated carbocycles. The molecule has 0 heterocycles. The summed E-state index contributed by atoms with van der Waals surface area (Å²) >= 11 is 0. The molecule has 1 aromatic carbocycles. The zero-order chi connectivity index (χ0) is 14.6. The second kappa shape index (κ2) is 6.17. The number of methoxy groups -OCH3 is 2. The van der Waals surface area contributed by atoms with Gasteiger partial charge in [-0.05, 0) is 13.8 Å². The molecule has 1 amide bonds. The minimum atomic E-state index is -0.414. The summed E-state index contributed by atoms with van der Waals surface area (Å²) in [6.07, 6.45) is 0. The third-order valence-corrected chi connectivity index (χ3v) is 2.79. The van der Waals surface area contributed by atoms with Gasteiger partial charge in [-0.3, -0.25) is 4.79 Å². The van der Waals surface area contributed by atoms with Gasteiger partial charge in [0, 0.05) is 18.2 Å². The van der Waals surface area contributed by atoms with Crippen LogP contribution in [0.1, 0.15) is 13.8 Å². The Morgan fingerprint density at radius 3 is 2.21 bits per heavy atom. The van der Waals surface area contributed by atoms with Crippen LogP contribution in [0.25, 0.3) is 0 Å². The molecule has 106 valence electrons. The van der Waals surface area contributed by atoms with Crippen molar-refractivity contribution in [2.75, 3.05) is 31.4 Å². The van der Waals surface area contributed by atoms with Crippen LogP contribution in [-0.4, -0.2) is 32.7 Å². The van der Waals surface area contributed by atoms with E-state index in [0.717, 1.165) is 0 Å². The first-order valence-corrected chi connectivity index (χ1v) is 5.97. The van der Waals surface area contributed by atoms with Crippen LogP contribution >= 0.6 is 0 Å². The van der Waals surface area contributed by atoms with Gasteiger partial charge in [-0.2, -0.15) is 0 Å². The Balaban J connectivity index is 3.26. The summed E-state index contributed by atoms with van der Waals surface area (Å²) in [4.78, 5) is 13.0. The highest BCUT2D eigenvalue weighted by Gasteiger charge is 2.18. The maximum absolute atomic E-state index is 11.2. The van der Waals surface area contributed by atoms with Crippen molar-refractivity contribution in [1.29, 1.82) is 0 Å². The van der Waals surface area contributed by atoms with Gasteiger partial charge >= 0.3 is 0 Å². The lowest BCUT2D eigenvalue weighted by Crippen LogP contribution is -2.39. The minimum absolute atomic E-state index is 0.0768. The van der Waals surface area contributed by atoms with Crippen LogP contribution in [0.15, 0.2) is 12.1 Å². The molecule has 0 unspecified atom stereocenters. The highest BCUT2D eigenvalue weighted by molar-refractivity contribution is 5.83. The Kier molecular flexibility index (Phi) is 4.86. The van der Waals surface area contributed by atoms with E-state index in [1.165, 1.54) is 0 Å². The van der Waals surface area contributed by atoms with E-state index < -0.39 is 5.91 Å². The predicted octanol–water partition coefficient (Wildman–Crippen LogP) is 0.986. The maximum atomic E-state index is 11.2. The van der Waals surface area contributed by atoms with E-state index in [1.807, 2.05) is 18.7 Å². The number of anilines is 2. The van der Waals surface area contributed by atoms with Crippen molar-refractivity contribution >= 4 is 17.3 Å². The van der Waals surface area contributed by atoms with Gasteiger partial charge in [0.15, 0.2) is 11.5 Å². The SMILES string of the molecule is COc1cc(N)c(N(CC(N)=O)C(C)C)cc1OC. The van der Waals surface area contributed by atoms with Crippen molar-refractivity contribution in [1.82, 2.24) is 0 Å². The fraction of sp³-hybridized carbons (Fsp3) is 0.462. The maximum Gasteiger partial charge on any atom is 0.236 e. The van der Waals surface area contributed by atoms with Gasteiger partial charge in [0.05, 0.1) is 32.1 Å². The molecule has 0 spiro atoms. The van der Waals surface area contributed by atoms with Crippen LogP contribution in [0.2, 0.25) is 0 Å². The number of nitrogens with two attached hydrogens (primary N) is 2. The predicted molar refractivity (Wildman–Crippen MR) is 75.6 cm³/mol. The largest absolute Gasteiger partial charge is 0.493 e. The number of ether oxygens (including phenoxy) is 2. The number of carbonyl (C=O) groups is 1. The summed E-state index contributed by atoms with van der Waals surface area (Å²) in [6, 6.07) is 3.50. The minimum Gasteiger partial charge on any atom is -0.493 e. The van der Waals surface area contributed by atoms with Crippen molar-refractivity contribution < 1.29 is 14.3 Å². The normalized spacial score (nSPS) is 10.4. The molecule has 0 aliphatic heterocycles. The lowest BCUT2D eigenvalue weighted by Gasteiger charge is -2.29. The van der Waals surface area contributed by atoms with Crippen LogP contribution in [-0.2, 0) is 4.79 Å². The summed E-state index contributed by atoms with van der Waals surface area (Å²) in [5.74, 6) is 0.691. The molecule has 1 rings (SSSR count). The molecule has 0 bridgehead atoms. The van der Waals surface area contributed by atoms with Gasteiger partial charge in [-0.25, -0.2) is 0 Å². The Bertz CT molecular complexity index is 461. The van der Waals surface area contributed by atoms with Crippen LogP contribution < -0.4 is 25.8 Å². The molecule has 6 nitrogen and oxygen atoms in total. The van der Waals surface area contributed by atoms with E-state index in [-0.39, 0.29) is 12.6 Å². The van der Waals surface area contributed by atoms with Crippen molar-refractivity contribution in [3.05, 3.63) is 12.1 Å². The molecular formula is C13H21N3O3. The number of carbonyl (C=O) groups excluding carboxylic acids is 1. The number of nitrogen functional groups attached to an aromatic ring is 1. The summed E-state index contributed by atoms with van der Waals surface area (Å²) in [5, 5.41) is 0. The lowest BCUT2D eigenvalue weighted by molar-refractivity contribution is -0.116. The van der Waals surface area contributed by atoms with E-state index >= 15 is 0 Å². The first-order chi connectivity index (χ1) is 8.90. The third-order valence-electron chi connectivity index (χ3n) is 2.79. The number of nitrogens with zero attached hydrogens (tertiary/aromatic N) is 1. The highest BCUT2D eigenvalue weighted by Crippen LogP contribution is 2.37. The lowest BCUT2D eigenvalue weighted by atomic mass is 10.2. The fourth-order valence-electron chi connectivity index (χ4n) is 1.85. The molecular weight excluding hydrogens is 246 g/mol. The van der Waals surface area contributed by atoms with E-state index in [4.69, 9.17) is 20.9 Å². The van der Waals surface area contributed by atoms with Crippen molar-refractivity contribution in [3.8, 4) is 11.5 Å². The van der Waals surface area contributed by atoms with Crippen molar-refractivity contribution in [2.24, 2.45) is 5.73 Å². The van der Waals surface area contributed by atoms with Crippen LogP contribution in [0, 0.1) is 0 Å². The van der Waals surface area contributed by atoms with Crippen molar-refractivity contribution in [3.63, 3.8) is 0 Å². The van der Waals surface area contributed by atoms with E-state index in [9.17, 15) is 4.79 Å². The van der Waals surface area contributed by atoms with E-state index in [1.54, 1.807) is 26.4 Å². The average Bonchev–Trinajstić information content (AvgIpc) is 2.35. The Morgan fingerprint density at radius 1 is 1.26 bits per heavy atom. The van der Waals surface area contributed by atoms with Crippen LogP contribution in [0.4, 0.5) is 11.4 Å².